The minimum absolute atomic E-state index is 0.00250. The zero-order chi connectivity index (χ0) is 17.4. The highest BCUT2D eigenvalue weighted by Crippen LogP contribution is 2.28. The van der Waals surface area contributed by atoms with Crippen molar-refractivity contribution >= 4 is 16.0 Å². The summed E-state index contributed by atoms with van der Waals surface area (Å²) in [5.41, 5.74) is 0.338. The van der Waals surface area contributed by atoms with E-state index in [-0.39, 0.29) is 23.9 Å². The number of benzene rings is 1. The van der Waals surface area contributed by atoms with Crippen LogP contribution < -0.4 is 0 Å². The SMILES string of the molecule is Cc1ccc(S(=O)(=O)N2CC[C@@H](N(C)C)C[C@H]2C(=O)O)cc1F. The van der Waals surface area contributed by atoms with Crippen LogP contribution in [0.25, 0.3) is 0 Å². The summed E-state index contributed by atoms with van der Waals surface area (Å²) in [6, 6.07) is 2.49. The molecule has 2 rings (SSSR count). The van der Waals surface area contributed by atoms with E-state index in [0.717, 1.165) is 10.4 Å². The molecule has 0 amide bonds. The first kappa shape index (κ1) is 17.8. The Labute approximate surface area is 135 Å². The van der Waals surface area contributed by atoms with Crippen molar-refractivity contribution in [2.45, 2.75) is 36.7 Å². The van der Waals surface area contributed by atoms with Gasteiger partial charge in [0.25, 0.3) is 0 Å². The number of halogens is 1. The van der Waals surface area contributed by atoms with Crippen LogP contribution in [0, 0.1) is 12.7 Å². The fourth-order valence-corrected chi connectivity index (χ4v) is 4.40. The molecule has 128 valence electrons. The largest absolute Gasteiger partial charge is 0.480 e. The molecular formula is C15H21FN2O4S. The lowest BCUT2D eigenvalue weighted by Crippen LogP contribution is -2.53. The van der Waals surface area contributed by atoms with E-state index in [2.05, 4.69) is 0 Å². The molecule has 1 N–H and O–H groups in total. The van der Waals surface area contributed by atoms with E-state index in [4.69, 9.17) is 0 Å². The van der Waals surface area contributed by atoms with Crippen molar-refractivity contribution < 1.29 is 22.7 Å². The second-order valence-corrected chi connectivity index (χ2v) is 7.91. The van der Waals surface area contributed by atoms with E-state index in [1.54, 1.807) is 0 Å². The summed E-state index contributed by atoms with van der Waals surface area (Å²) >= 11 is 0. The maximum Gasteiger partial charge on any atom is 0.322 e. The van der Waals surface area contributed by atoms with Gasteiger partial charge in [0.15, 0.2) is 0 Å². The molecule has 1 aromatic rings. The Kier molecular flexibility index (Phi) is 5.07. The van der Waals surface area contributed by atoms with Crippen LogP contribution in [0.1, 0.15) is 18.4 Å². The fraction of sp³-hybridized carbons (Fsp3) is 0.533. The van der Waals surface area contributed by atoms with Gasteiger partial charge in [-0.1, -0.05) is 6.07 Å². The average molecular weight is 344 g/mol. The number of carboxylic acid groups (broad SMARTS) is 1. The fourth-order valence-electron chi connectivity index (χ4n) is 2.78. The van der Waals surface area contributed by atoms with Crippen molar-refractivity contribution in [3.8, 4) is 0 Å². The van der Waals surface area contributed by atoms with Crippen molar-refractivity contribution in [3.05, 3.63) is 29.6 Å². The van der Waals surface area contributed by atoms with Gasteiger partial charge in [-0.3, -0.25) is 4.79 Å². The standard InChI is InChI=1S/C15H21FN2O4S/c1-10-4-5-12(9-13(10)16)23(21,22)18-7-6-11(17(2)3)8-14(18)15(19)20/h4-5,9,11,14H,6-8H2,1-3H3,(H,19,20)/t11-,14+/m1/s1. The third-order valence-electron chi connectivity index (χ3n) is 4.29. The van der Waals surface area contributed by atoms with E-state index < -0.39 is 27.9 Å². The van der Waals surface area contributed by atoms with E-state index in [1.165, 1.54) is 19.1 Å². The normalized spacial score (nSPS) is 23.2. The van der Waals surface area contributed by atoms with Gasteiger partial charge in [0, 0.05) is 12.6 Å². The van der Waals surface area contributed by atoms with Crippen LogP contribution in [0.5, 0.6) is 0 Å². The summed E-state index contributed by atoms with van der Waals surface area (Å²) < 4.78 is 40.1. The third-order valence-corrected chi connectivity index (χ3v) is 6.20. The summed E-state index contributed by atoms with van der Waals surface area (Å²) in [5.74, 6) is -1.81. The number of hydrogen-bond acceptors (Lipinski definition) is 4. The van der Waals surface area contributed by atoms with Gasteiger partial charge in [-0.25, -0.2) is 12.8 Å². The number of rotatable bonds is 4. The molecule has 0 unspecified atom stereocenters. The van der Waals surface area contributed by atoms with Crippen molar-refractivity contribution in [2.24, 2.45) is 0 Å². The summed E-state index contributed by atoms with van der Waals surface area (Å²) in [6.45, 7) is 1.63. The number of carboxylic acids is 1. The van der Waals surface area contributed by atoms with Crippen LogP contribution >= 0.6 is 0 Å². The quantitative estimate of drug-likeness (QED) is 0.891. The van der Waals surface area contributed by atoms with Gasteiger partial charge in [-0.05, 0) is 51.6 Å². The molecule has 1 aromatic carbocycles. The van der Waals surface area contributed by atoms with E-state index in [1.807, 2.05) is 19.0 Å². The van der Waals surface area contributed by atoms with Crippen LogP contribution in [0.15, 0.2) is 23.1 Å². The monoisotopic (exact) mass is 344 g/mol. The molecule has 0 aromatic heterocycles. The molecular weight excluding hydrogens is 323 g/mol. The molecule has 8 heteroatoms. The Morgan fingerprint density at radius 2 is 2.04 bits per heavy atom. The number of aliphatic carboxylic acids is 1. The van der Waals surface area contributed by atoms with Crippen LogP contribution in [0.2, 0.25) is 0 Å². The third kappa shape index (κ3) is 3.54. The Morgan fingerprint density at radius 3 is 2.57 bits per heavy atom. The molecule has 2 atom stereocenters. The molecule has 0 spiro atoms. The Balaban J connectivity index is 2.37. The Hall–Kier alpha value is -1.51. The first-order valence-electron chi connectivity index (χ1n) is 7.32. The number of carbonyl (C=O) groups is 1. The van der Waals surface area contributed by atoms with Crippen molar-refractivity contribution in [1.29, 1.82) is 0 Å². The number of nitrogens with zero attached hydrogens (tertiary/aromatic N) is 2. The number of sulfonamides is 1. The molecule has 23 heavy (non-hydrogen) atoms. The molecule has 6 nitrogen and oxygen atoms in total. The van der Waals surface area contributed by atoms with Crippen molar-refractivity contribution in [3.63, 3.8) is 0 Å². The van der Waals surface area contributed by atoms with Gasteiger partial charge >= 0.3 is 5.97 Å². The number of aryl methyl sites for hydroxylation is 1. The summed E-state index contributed by atoms with van der Waals surface area (Å²) in [4.78, 5) is 13.2. The zero-order valence-electron chi connectivity index (χ0n) is 13.4. The second-order valence-electron chi connectivity index (χ2n) is 6.02. The molecule has 0 radical (unpaired) electrons. The minimum Gasteiger partial charge on any atom is -0.480 e. The van der Waals surface area contributed by atoms with E-state index >= 15 is 0 Å². The predicted molar refractivity (Wildman–Crippen MR) is 83.2 cm³/mol. The van der Waals surface area contributed by atoms with Gasteiger partial charge in [-0.15, -0.1) is 0 Å². The van der Waals surface area contributed by atoms with Gasteiger partial charge in [0.2, 0.25) is 10.0 Å². The molecule has 1 aliphatic rings. The topological polar surface area (TPSA) is 77.9 Å². The van der Waals surface area contributed by atoms with Gasteiger partial charge in [0.1, 0.15) is 11.9 Å². The molecule has 1 aliphatic heterocycles. The maximum atomic E-state index is 13.7. The molecule has 0 aliphatic carbocycles. The molecule has 0 bridgehead atoms. The molecule has 1 saturated heterocycles. The minimum atomic E-state index is -4.05. The summed E-state index contributed by atoms with van der Waals surface area (Å²) in [7, 11) is -0.378. The Bertz CT molecular complexity index is 705. The molecule has 1 fully saturated rings. The van der Waals surface area contributed by atoms with Crippen LogP contribution in [-0.4, -0.2) is 61.4 Å². The van der Waals surface area contributed by atoms with Crippen molar-refractivity contribution in [1.82, 2.24) is 9.21 Å². The van der Waals surface area contributed by atoms with Crippen LogP contribution in [0.4, 0.5) is 4.39 Å². The van der Waals surface area contributed by atoms with Gasteiger partial charge in [-0.2, -0.15) is 4.31 Å². The molecule has 0 saturated carbocycles. The lowest BCUT2D eigenvalue weighted by molar-refractivity contribution is -0.143. The highest BCUT2D eigenvalue weighted by atomic mass is 32.2. The highest BCUT2D eigenvalue weighted by molar-refractivity contribution is 7.89. The number of hydrogen-bond donors (Lipinski definition) is 1. The zero-order valence-corrected chi connectivity index (χ0v) is 14.2. The van der Waals surface area contributed by atoms with Gasteiger partial charge < -0.3 is 10.0 Å². The smallest absolute Gasteiger partial charge is 0.322 e. The summed E-state index contributed by atoms with van der Waals surface area (Å²) in [5, 5.41) is 9.42. The second kappa shape index (κ2) is 6.54. The first-order valence-corrected chi connectivity index (χ1v) is 8.76. The van der Waals surface area contributed by atoms with Gasteiger partial charge in [0.05, 0.1) is 4.90 Å². The maximum absolute atomic E-state index is 13.7. The Morgan fingerprint density at radius 1 is 1.39 bits per heavy atom. The summed E-state index contributed by atoms with van der Waals surface area (Å²) in [6.07, 6.45) is 0.736. The first-order chi connectivity index (χ1) is 10.6. The lowest BCUT2D eigenvalue weighted by atomic mass is 9.99. The lowest BCUT2D eigenvalue weighted by Gasteiger charge is -2.38. The highest BCUT2D eigenvalue weighted by Gasteiger charge is 2.41. The van der Waals surface area contributed by atoms with Crippen LogP contribution in [0.3, 0.4) is 0 Å². The molecule has 1 heterocycles. The van der Waals surface area contributed by atoms with E-state index in [9.17, 15) is 22.7 Å². The van der Waals surface area contributed by atoms with E-state index in [0.29, 0.717) is 12.0 Å². The predicted octanol–water partition coefficient (Wildman–Crippen LogP) is 1.30. The number of piperidine rings is 1. The van der Waals surface area contributed by atoms with Crippen molar-refractivity contribution in [2.75, 3.05) is 20.6 Å². The van der Waals surface area contributed by atoms with Crippen LogP contribution in [-0.2, 0) is 14.8 Å². The average Bonchev–Trinajstić information content (AvgIpc) is 2.49.